The van der Waals surface area contributed by atoms with Gasteiger partial charge >= 0.3 is 0 Å². The van der Waals surface area contributed by atoms with Gasteiger partial charge in [0.15, 0.2) is 0 Å². The molecule has 0 aliphatic carbocycles. The Labute approximate surface area is 92.3 Å². The van der Waals surface area contributed by atoms with Crippen molar-refractivity contribution in [2.24, 2.45) is 5.92 Å². The van der Waals surface area contributed by atoms with Crippen LogP contribution in [0.1, 0.15) is 32.8 Å². The van der Waals surface area contributed by atoms with Crippen LogP contribution in [-0.4, -0.2) is 11.1 Å². The molecule has 2 atom stereocenters. The number of benzene rings is 1. The van der Waals surface area contributed by atoms with Gasteiger partial charge in [-0.25, -0.2) is 0 Å². The largest absolute Gasteiger partial charge is 0.392 e. The summed E-state index contributed by atoms with van der Waals surface area (Å²) < 4.78 is 0. The van der Waals surface area contributed by atoms with E-state index in [1.807, 2.05) is 24.3 Å². The van der Waals surface area contributed by atoms with Gasteiger partial charge in [0.2, 0.25) is 0 Å². The summed E-state index contributed by atoms with van der Waals surface area (Å²) >= 11 is 0. The fourth-order valence-corrected chi connectivity index (χ4v) is 1.47. The average Bonchev–Trinajstić information content (AvgIpc) is 2.29. The van der Waals surface area contributed by atoms with Gasteiger partial charge in [0.25, 0.3) is 0 Å². The van der Waals surface area contributed by atoms with Crippen molar-refractivity contribution in [1.29, 1.82) is 0 Å². The number of aliphatic hydroxyl groups is 1. The van der Waals surface area contributed by atoms with E-state index in [1.54, 1.807) is 0 Å². The predicted molar refractivity (Wildman–Crippen MR) is 64.9 cm³/mol. The van der Waals surface area contributed by atoms with Crippen LogP contribution in [0, 0.1) is 5.92 Å². The summed E-state index contributed by atoms with van der Waals surface area (Å²) in [6.07, 6.45) is 1.18. The molecule has 0 heterocycles. The Morgan fingerprint density at radius 1 is 1.20 bits per heavy atom. The summed E-state index contributed by atoms with van der Waals surface area (Å²) in [5.74, 6) is 0.669. The van der Waals surface area contributed by atoms with E-state index in [9.17, 15) is 0 Å². The first kappa shape index (κ1) is 12.1. The molecular weight excluding hydrogens is 186 g/mol. The average molecular weight is 207 g/mol. The van der Waals surface area contributed by atoms with Gasteiger partial charge in [-0.05, 0) is 30.5 Å². The Morgan fingerprint density at radius 3 is 2.27 bits per heavy atom. The smallest absolute Gasteiger partial charge is 0.0681 e. The number of hydrogen-bond acceptors (Lipinski definition) is 2. The van der Waals surface area contributed by atoms with Crippen LogP contribution in [0.4, 0.5) is 5.69 Å². The topological polar surface area (TPSA) is 32.3 Å². The molecule has 1 aromatic carbocycles. The van der Waals surface area contributed by atoms with E-state index in [-0.39, 0.29) is 6.61 Å². The second-order valence-corrected chi connectivity index (χ2v) is 4.17. The summed E-state index contributed by atoms with van der Waals surface area (Å²) in [6, 6.07) is 8.42. The van der Waals surface area contributed by atoms with Crippen LogP contribution in [0.25, 0.3) is 0 Å². The Kier molecular flexibility index (Phi) is 4.63. The van der Waals surface area contributed by atoms with Crippen LogP contribution >= 0.6 is 0 Å². The lowest BCUT2D eigenvalue weighted by Crippen LogP contribution is -2.23. The van der Waals surface area contributed by atoms with Crippen molar-refractivity contribution in [3.63, 3.8) is 0 Å². The molecule has 1 rings (SSSR count). The van der Waals surface area contributed by atoms with Crippen molar-refractivity contribution in [2.45, 2.75) is 39.8 Å². The third kappa shape index (κ3) is 3.56. The van der Waals surface area contributed by atoms with Crippen LogP contribution in [0.15, 0.2) is 24.3 Å². The van der Waals surface area contributed by atoms with Gasteiger partial charge in [0.1, 0.15) is 0 Å². The molecule has 1 aromatic rings. The number of aliphatic hydroxyl groups excluding tert-OH is 1. The van der Waals surface area contributed by atoms with Gasteiger partial charge in [-0.2, -0.15) is 0 Å². The summed E-state index contributed by atoms with van der Waals surface area (Å²) in [5.41, 5.74) is 2.08. The van der Waals surface area contributed by atoms with Crippen molar-refractivity contribution < 1.29 is 5.11 Å². The van der Waals surface area contributed by atoms with Gasteiger partial charge in [-0.3, -0.25) is 0 Å². The molecule has 0 bridgehead atoms. The van der Waals surface area contributed by atoms with Gasteiger partial charge in [0.05, 0.1) is 6.61 Å². The molecule has 0 aliphatic rings. The molecule has 2 heteroatoms. The van der Waals surface area contributed by atoms with Crippen LogP contribution in [0.2, 0.25) is 0 Å². The van der Waals surface area contributed by atoms with E-state index in [0.29, 0.717) is 12.0 Å². The fourth-order valence-electron chi connectivity index (χ4n) is 1.47. The molecule has 2 unspecified atom stereocenters. The van der Waals surface area contributed by atoms with Gasteiger partial charge in [0, 0.05) is 11.7 Å². The highest BCUT2D eigenvalue weighted by molar-refractivity contribution is 5.45. The van der Waals surface area contributed by atoms with Crippen molar-refractivity contribution in [3.05, 3.63) is 29.8 Å². The molecule has 2 N–H and O–H groups in total. The molecule has 0 aliphatic heterocycles. The maximum Gasteiger partial charge on any atom is 0.0681 e. The molecule has 84 valence electrons. The lowest BCUT2D eigenvalue weighted by Gasteiger charge is -2.21. The molecule has 0 fully saturated rings. The second kappa shape index (κ2) is 5.76. The summed E-state index contributed by atoms with van der Waals surface area (Å²) in [6.45, 7) is 6.77. The van der Waals surface area contributed by atoms with Crippen LogP contribution < -0.4 is 5.32 Å². The predicted octanol–water partition coefficient (Wildman–Crippen LogP) is 3.03. The number of hydrogen-bond donors (Lipinski definition) is 2. The van der Waals surface area contributed by atoms with E-state index in [1.165, 1.54) is 6.42 Å². The number of nitrogens with one attached hydrogen (secondary N) is 1. The zero-order valence-corrected chi connectivity index (χ0v) is 9.83. The lowest BCUT2D eigenvalue weighted by molar-refractivity contribution is 0.282. The number of rotatable bonds is 5. The van der Waals surface area contributed by atoms with E-state index in [0.717, 1.165) is 11.3 Å². The minimum atomic E-state index is 0.112. The third-order valence-corrected chi connectivity index (χ3v) is 3.03. The molecule has 0 saturated carbocycles. The summed E-state index contributed by atoms with van der Waals surface area (Å²) in [4.78, 5) is 0. The van der Waals surface area contributed by atoms with Crippen molar-refractivity contribution in [3.8, 4) is 0 Å². The van der Waals surface area contributed by atoms with Gasteiger partial charge in [-0.1, -0.05) is 32.4 Å². The summed E-state index contributed by atoms with van der Waals surface area (Å²) in [5, 5.41) is 12.4. The minimum absolute atomic E-state index is 0.112. The Morgan fingerprint density at radius 2 is 1.80 bits per heavy atom. The molecule has 0 aromatic heterocycles. The Hall–Kier alpha value is -1.02. The van der Waals surface area contributed by atoms with Gasteiger partial charge in [-0.15, -0.1) is 0 Å². The quantitative estimate of drug-likeness (QED) is 0.778. The highest BCUT2D eigenvalue weighted by Gasteiger charge is 2.09. The molecule has 15 heavy (non-hydrogen) atoms. The maximum absolute atomic E-state index is 8.92. The first-order valence-corrected chi connectivity index (χ1v) is 5.63. The van der Waals surface area contributed by atoms with Gasteiger partial charge < -0.3 is 10.4 Å². The second-order valence-electron chi connectivity index (χ2n) is 4.17. The normalized spacial score (nSPS) is 14.7. The molecule has 0 amide bonds. The van der Waals surface area contributed by atoms with E-state index >= 15 is 0 Å². The van der Waals surface area contributed by atoms with E-state index in [2.05, 4.69) is 26.1 Å². The van der Waals surface area contributed by atoms with Crippen LogP contribution in [0.3, 0.4) is 0 Å². The number of anilines is 1. The highest BCUT2D eigenvalue weighted by Crippen LogP contribution is 2.15. The van der Waals surface area contributed by atoms with E-state index in [4.69, 9.17) is 5.11 Å². The monoisotopic (exact) mass is 207 g/mol. The zero-order valence-electron chi connectivity index (χ0n) is 9.83. The Balaban J connectivity index is 2.57. The van der Waals surface area contributed by atoms with Crippen LogP contribution in [0.5, 0.6) is 0 Å². The van der Waals surface area contributed by atoms with Crippen molar-refractivity contribution >= 4 is 5.69 Å². The lowest BCUT2D eigenvalue weighted by atomic mass is 10.0. The van der Waals surface area contributed by atoms with Crippen molar-refractivity contribution in [2.75, 3.05) is 5.32 Å². The first-order chi connectivity index (χ1) is 7.17. The zero-order chi connectivity index (χ0) is 11.3. The summed E-state index contributed by atoms with van der Waals surface area (Å²) in [7, 11) is 0. The minimum Gasteiger partial charge on any atom is -0.392 e. The van der Waals surface area contributed by atoms with E-state index < -0.39 is 0 Å². The standard InChI is InChI=1S/C13H21NO/c1-4-10(2)11(3)14-13-7-5-12(9-15)6-8-13/h5-8,10-11,14-15H,4,9H2,1-3H3. The molecule has 0 radical (unpaired) electrons. The van der Waals surface area contributed by atoms with Crippen LogP contribution in [-0.2, 0) is 6.61 Å². The first-order valence-electron chi connectivity index (χ1n) is 5.63. The molecule has 0 spiro atoms. The molecule has 2 nitrogen and oxygen atoms in total. The highest BCUT2D eigenvalue weighted by atomic mass is 16.3. The maximum atomic E-state index is 8.92. The SMILES string of the molecule is CCC(C)C(C)Nc1ccc(CO)cc1. The van der Waals surface area contributed by atoms with Crippen molar-refractivity contribution in [1.82, 2.24) is 0 Å². The molecular formula is C13H21NO. The fraction of sp³-hybridized carbons (Fsp3) is 0.538. The third-order valence-electron chi connectivity index (χ3n) is 3.03. The Bertz CT molecular complexity index is 281. The molecule has 0 saturated heterocycles.